The number of carboxylic acids is 2. The maximum absolute atomic E-state index is 11.4. The topological polar surface area (TPSA) is 132 Å². The van der Waals surface area contributed by atoms with Gasteiger partial charge in [-0.05, 0) is 110 Å². The number of aliphatic carboxylic acids is 2. The van der Waals surface area contributed by atoms with Crippen LogP contribution >= 0.6 is 0 Å². The van der Waals surface area contributed by atoms with Crippen molar-refractivity contribution in [2.24, 2.45) is 0 Å². The monoisotopic (exact) mass is 558 g/mol. The van der Waals surface area contributed by atoms with E-state index in [-0.39, 0.29) is 34.6 Å². The van der Waals surface area contributed by atoms with Crippen molar-refractivity contribution in [1.29, 1.82) is 0 Å². The summed E-state index contributed by atoms with van der Waals surface area (Å²) in [6, 6.07) is 9.98. The van der Waals surface area contributed by atoms with Crippen molar-refractivity contribution in [3.63, 3.8) is 0 Å². The first-order chi connectivity index (χ1) is 18.1. The summed E-state index contributed by atoms with van der Waals surface area (Å²) in [7, 11) is 0. The molecular formula is C30H30N4O4Ti. The Morgan fingerprint density at radius 2 is 1.46 bits per heavy atom. The van der Waals surface area contributed by atoms with Crippen molar-refractivity contribution < 1.29 is 41.5 Å². The summed E-state index contributed by atoms with van der Waals surface area (Å²) in [4.78, 5) is 39.5. The molecule has 8 nitrogen and oxygen atoms in total. The molecule has 0 aliphatic carbocycles. The molecule has 198 valence electrons. The van der Waals surface area contributed by atoms with Gasteiger partial charge in [0.2, 0.25) is 0 Å². The van der Waals surface area contributed by atoms with E-state index in [4.69, 9.17) is 9.97 Å². The van der Waals surface area contributed by atoms with Crippen LogP contribution < -0.4 is 0 Å². The minimum absolute atomic E-state index is 0. The Kier molecular flexibility index (Phi) is 8.09. The Hall–Kier alpha value is -3.75. The molecule has 5 rings (SSSR count). The minimum Gasteiger partial charge on any atom is -0.481 e. The maximum atomic E-state index is 11.4. The number of fused-ring (bicyclic) bond motifs is 8. The molecule has 39 heavy (non-hydrogen) atoms. The quantitative estimate of drug-likeness (QED) is 0.263. The fraction of sp³-hybridized carbons (Fsp3) is 0.267. The van der Waals surface area contributed by atoms with Gasteiger partial charge in [0.25, 0.3) is 0 Å². The summed E-state index contributed by atoms with van der Waals surface area (Å²) in [6.07, 6.45) is 2.74. The molecular weight excluding hydrogens is 528 g/mol. The van der Waals surface area contributed by atoms with E-state index >= 15 is 0 Å². The van der Waals surface area contributed by atoms with Crippen LogP contribution in [0.5, 0.6) is 0 Å². The number of rotatable bonds is 6. The summed E-state index contributed by atoms with van der Waals surface area (Å²) in [5.74, 6) is -1.73. The first-order valence-electron chi connectivity index (χ1n) is 12.6. The molecule has 0 unspecified atom stereocenters. The van der Waals surface area contributed by atoms with Crippen molar-refractivity contribution in [3.05, 3.63) is 69.8 Å². The molecule has 0 amide bonds. The second-order valence-corrected chi connectivity index (χ2v) is 9.98. The first-order valence-corrected chi connectivity index (χ1v) is 12.6. The number of nitrogens with one attached hydrogen (secondary N) is 2. The van der Waals surface area contributed by atoms with Crippen LogP contribution in [0.15, 0.2) is 30.3 Å². The fourth-order valence-electron chi connectivity index (χ4n) is 5.11. The normalized spacial score (nSPS) is 12.8. The Bertz CT molecular complexity index is 1730. The standard InChI is InChI=1S/C30H30N4O4.Ti/c1-15-9-20-12-25-17(3)21(5-7-29(35)36)27(33-25)14-28-22(6-8-30(37)38)18(4)26(34-28)13-24-16(2)10-19(32-24)11-23(15)31-20;/h9-14,31,34H,5-8H2,1-4H3,(H,35,36)(H,37,38);. The van der Waals surface area contributed by atoms with Crippen LogP contribution in [0.25, 0.3) is 44.9 Å². The largest absolute Gasteiger partial charge is 0.481 e. The van der Waals surface area contributed by atoms with E-state index in [1.807, 2.05) is 58.0 Å². The summed E-state index contributed by atoms with van der Waals surface area (Å²) in [5.41, 5.74) is 12.4. The Morgan fingerprint density at radius 1 is 0.769 bits per heavy atom. The number of hydrogen-bond donors (Lipinski definition) is 4. The van der Waals surface area contributed by atoms with Crippen molar-refractivity contribution in [1.82, 2.24) is 19.9 Å². The molecule has 8 bridgehead atoms. The third-order valence-electron chi connectivity index (χ3n) is 7.26. The number of carbonyl (C=O) groups is 2. The van der Waals surface area contributed by atoms with Gasteiger partial charge in [-0.2, -0.15) is 0 Å². The Balaban J connectivity index is 0.00000353. The van der Waals surface area contributed by atoms with Gasteiger partial charge in [0.05, 0.1) is 22.8 Å². The van der Waals surface area contributed by atoms with Gasteiger partial charge in [0.1, 0.15) is 0 Å². The molecule has 0 atom stereocenters. The maximum Gasteiger partial charge on any atom is 0.303 e. The van der Waals surface area contributed by atoms with E-state index in [1.54, 1.807) is 0 Å². The number of hydrogen-bond acceptors (Lipinski definition) is 4. The number of aryl methyl sites for hydroxylation is 3. The molecule has 2 aliphatic rings. The summed E-state index contributed by atoms with van der Waals surface area (Å²) < 4.78 is 0. The molecule has 4 N–H and O–H groups in total. The molecule has 3 aromatic heterocycles. The van der Waals surface area contributed by atoms with Gasteiger partial charge in [0.15, 0.2) is 0 Å². The number of nitrogens with zero attached hydrogens (tertiary/aromatic N) is 2. The molecule has 0 aromatic carbocycles. The molecule has 0 fully saturated rings. The molecule has 0 radical (unpaired) electrons. The summed E-state index contributed by atoms with van der Waals surface area (Å²) in [5, 5.41) is 18.7. The van der Waals surface area contributed by atoms with Crippen LogP contribution in [-0.4, -0.2) is 42.1 Å². The molecule has 0 saturated heterocycles. The third kappa shape index (κ3) is 5.82. The van der Waals surface area contributed by atoms with Gasteiger partial charge < -0.3 is 20.2 Å². The van der Waals surface area contributed by atoms with Crippen LogP contribution in [0.1, 0.15) is 72.6 Å². The van der Waals surface area contributed by atoms with Crippen LogP contribution in [0.2, 0.25) is 0 Å². The van der Waals surface area contributed by atoms with E-state index in [9.17, 15) is 19.8 Å². The molecule has 9 heteroatoms. The summed E-state index contributed by atoms with van der Waals surface area (Å²) in [6.45, 7) is 8.01. The fourth-order valence-corrected chi connectivity index (χ4v) is 5.11. The third-order valence-corrected chi connectivity index (χ3v) is 7.26. The van der Waals surface area contributed by atoms with E-state index in [2.05, 4.69) is 16.0 Å². The van der Waals surface area contributed by atoms with Crippen LogP contribution in [0.4, 0.5) is 0 Å². The second kappa shape index (κ2) is 11.2. The Labute approximate surface area is 240 Å². The van der Waals surface area contributed by atoms with E-state index < -0.39 is 11.9 Å². The SMILES string of the molecule is CC1=Cc2cc3[nH]c(cc4nc(cc5[nH]c(cc1n2)c(C)c5CCC(=O)O)C(CCC(=O)O)=C4C)cc3C.[Ti]. The van der Waals surface area contributed by atoms with Crippen LogP contribution in [0, 0.1) is 13.8 Å². The van der Waals surface area contributed by atoms with Gasteiger partial charge in [-0.15, -0.1) is 0 Å². The van der Waals surface area contributed by atoms with Crippen molar-refractivity contribution >= 4 is 56.8 Å². The van der Waals surface area contributed by atoms with Gasteiger partial charge in [0, 0.05) is 56.6 Å². The van der Waals surface area contributed by atoms with E-state index in [0.717, 1.165) is 72.6 Å². The van der Waals surface area contributed by atoms with E-state index in [0.29, 0.717) is 18.5 Å². The molecule has 0 spiro atoms. The predicted octanol–water partition coefficient (Wildman–Crippen LogP) is 6.30. The van der Waals surface area contributed by atoms with Crippen molar-refractivity contribution in [3.8, 4) is 0 Å². The van der Waals surface area contributed by atoms with Gasteiger partial charge in [-0.25, -0.2) is 9.97 Å². The predicted molar refractivity (Wildman–Crippen MR) is 149 cm³/mol. The van der Waals surface area contributed by atoms with Gasteiger partial charge in [-0.3, -0.25) is 9.59 Å². The zero-order chi connectivity index (χ0) is 27.1. The number of H-pyrrole nitrogens is 2. The van der Waals surface area contributed by atoms with Gasteiger partial charge in [-0.1, -0.05) is 0 Å². The Morgan fingerprint density at radius 3 is 2.18 bits per heavy atom. The number of aromatic amines is 2. The van der Waals surface area contributed by atoms with Crippen LogP contribution in [-0.2, 0) is 37.7 Å². The average Bonchev–Trinajstić information content (AvgIpc) is 3.53. The second-order valence-electron chi connectivity index (χ2n) is 9.98. The smallest absolute Gasteiger partial charge is 0.303 e. The molecule has 2 aliphatic heterocycles. The number of allylic oxidation sites excluding steroid dienone is 3. The van der Waals surface area contributed by atoms with Crippen molar-refractivity contribution in [2.75, 3.05) is 0 Å². The van der Waals surface area contributed by atoms with Crippen LogP contribution in [0.3, 0.4) is 0 Å². The average molecular weight is 558 g/mol. The van der Waals surface area contributed by atoms with Crippen molar-refractivity contribution in [2.45, 2.75) is 53.4 Å². The molecule has 5 heterocycles. The zero-order valence-corrected chi connectivity index (χ0v) is 24.0. The molecule has 0 saturated carbocycles. The summed E-state index contributed by atoms with van der Waals surface area (Å²) >= 11 is 0. The zero-order valence-electron chi connectivity index (χ0n) is 22.4. The number of aromatic nitrogens is 4. The number of carboxylic acid groups (broad SMARTS) is 2. The van der Waals surface area contributed by atoms with E-state index in [1.165, 1.54) is 0 Å². The first kappa shape index (κ1) is 28.3. The molecule has 3 aromatic rings. The minimum atomic E-state index is -0.868. The van der Waals surface area contributed by atoms with Gasteiger partial charge >= 0.3 is 11.9 Å².